The van der Waals surface area contributed by atoms with E-state index in [4.69, 9.17) is 0 Å². The first-order valence-corrected chi connectivity index (χ1v) is 6.95. The molecule has 0 fully saturated rings. The maximum absolute atomic E-state index is 12.1. The number of carbonyl (C=O) groups is 1. The molecule has 19 heavy (non-hydrogen) atoms. The van der Waals surface area contributed by atoms with Crippen molar-refractivity contribution < 1.29 is 4.79 Å². The predicted octanol–water partition coefficient (Wildman–Crippen LogP) is 4.36. The van der Waals surface area contributed by atoms with E-state index in [-0.39, 0.29) is 5.78 Å². The van der Waals surface area contributed by atoms with E-state index in [1.807, 2.05) is 50.2 Å². The average Bonchev–Trinajstić information content (AvgIpc) is 2.36. The Bertz CT molecular complexity index is 570. The molecular formula is C16H16BrNO. The molecule has 0 aromatic heterocycles. The highest BCUT2D eigenvalue weighted by Crippen LogP contribution is 2.14. The minimum Gasteiger partial charge on any atom is -0.378 e. The molecule has 0 aliphatic heterocycles. The van der Waals surface area contributed by atoms with Crippen LogP contribution in [0.5, 0.6) is 0 Å². The van der Waals surface area contributed by atoms with Crippen molar-refractivity contribution >= 4 is 27.4 Å². The molecule has 98 valence electrons. The van der Waals surface area contributed by atoms with Gasteiger partial charge in [0.2, 0.25) is 0 Å². The van der Waals surface area contributed by atoms with Gasteiger partial charge in [0, 0.05) is 15.7 Å². The summed E-state index contributed by atoms with van der Waals surface area (Å²) in [5, 5.41) is 3.14. The van der Waals surface area contributed by atoms with Crippen LogP contribution in [0.4, 0.5) is 5.69 Å². The van der Waals surface area contributed by atoms with Gasteiger partial charge in [-0.1, -0.05) is 33.1 Å². The molecule has 0 saturated heterocycles. The molecule has 0 amide bonds. The van der Waals surface area contributed by atoms with Gasteiger partial charge < -0.3 is 5.32 Å². The van der Waals surface area contributed by atoms with E-state index in [0.29, 0.717) is 6.54 Å². The Hall–Kier alpha value is -1.61. The minimum absolute atomic E-state index is 0.106. The minimum atomic E-state index is 0.106. The van der Waals surface area contributed by atoms with Crippen LogP contribution in [0.25, 0.3) is 0 Å². The Labute approximate surface area is 122 Å². The second-order valence-electron chi connectivity index (χ2n) is 4.66. The van der Waals surface area contributed by atoms with Gasteiger partial charge in [0.1, 0.15) is 0 Å². The zero-order chi connectivity index (χ0) is 13.8. The summed E-state index contributed by atoms with van der Waals surface area (Å²) in [6.07, 6.45) is 0. The Morgan fingerprint density at radius 1 is 1.05 bits per heavy atom. The van der Waals surface area contributed by atoms with Crippen molar-refractivity contribution in [1.82, 2.24) is 0 Å². The van der Waals surface area contributed by atoms with Gasteiger partial charge in [-0.25, -0.2) is 0 Å². The Morgan fingerprint density at radius 3 is 2.21 bits per heavy atom. The van der Waals surface area contributed by atoms with Crippen molar-refractivity contribution in [3.63, 3.8) is 0 Å². The molecule has 0 atom stereocenters. The molecule has 0 bridgehead atoms. The van der Waals surface area contributed by atoms with Crippen LogP contribution in [-0.2, 0) is 0 Å². The molecule has 1 N–H and O–H groups in total. The second-order valence-corrected chi connectivity index (χ2v) is 5.58. The van der Waals surface area contributed by atoms with E-state index in [9.17, 15) is 4.79 Å². The number of ketones is 1. The summed E-state index contributed by atoms with van der Waals surface area (Å²) in [5.41, 5.74) is 3.95. The molecule has 0 aliphatic carbocycles. The first-order valence-electron chi connectivity index (χ1n) is 6.15. The van der Waals surface area contributed by atoms with Gasteiger partial charge in [-0.15, -0.1) is 0 Å². The number of benzene rings is 2. The third-order valence-corrected chi connectivity index (χ3v) is 3.37. The van der Waals surface area contributed by atoms with E-state index in [2.05, 4.69) is 27.3 Å². The highest BCUT2D eigenvalue weighted by atomic mass is 79.9. The third-order valence-electron chi connectivity index (χ3n) is 2.84. The fourth-order valence-corrected chi connectivity index (χ4v) is 2.25. The van der Waals surface area contributed by atoms with Crippen molar-refractivity contribution in [2.45, 2.75) is 13.8 Å². The average molecular weight is 318 g/mol. The standard InChI is InChI=1S/C16H16BrNO/c1-11-7-12(2)9-13(8-11)16(19)10-18-15-5-3-14(17)4-6-15/h3-9,18H,10H2,1-2H3. The largest absolute Gasteiger partial charge is 0.378 e. The number of halogens is 1. The van der Waals surface area contributed by atoms with E-state index < -0.39 is 0 Å². The molecule has 2 rings (SSSR count). The van der Waals surface area contributed by atoms with Crippen LogP contribution >= 0.6 is 15.9 Å². The molecule has 0 heterocycles. The number of Topliss-reactive ketones (excluding diaryl/α,β-unsaturated/α-hetero) is 1. The number of rotatable bonds is 4. The lowest BCUT2D eigenvalue weighted by Gasteiger charge is -2.07. The third kappa shape index (κ3) is 3.93. The highest BCUT2D eigenvalue weighted by Gasteiger charge is 2.06. The first kappa shape index (κ1) is 13.8. The summed E-state index contributed by atoms with van der Waals surface area (Å²) in [5.74, 6) is 0.106. The monoisotopic (exact) mass is 317 g/mol. The van der Waals surface area contributed by atoms with Gasteiger partial charge in [0.05, 0.1) is 6.54 Å². The van der Waals surface area contributed by atoms with Crippen molar-refractivity contribution in [1.29, 1.82) is 0 Å². The van der Waals surface area contributed by atoms with E-state index in [1.54, 1.807) is 0 Å². The van der Waals surface area contributed by atoms with Crippen LogP contribution in [0.3, 0.4) is 0 Å². The van der Waals surface area contributed by atoms with E-state index >= 15 is 0 Å². The highest BCUT2D eigenvalue weighted by molar-refractivity contribution is 9.10. The number of anilines is 1. The predicted molar refractivity (Wildman–Crippen MR) is 82.9 cm³/mol. The molecule has 0 saturated carbocycles. The molecule has 2 aromatic rings. The fourth-order valence-electron chi connectivity index (χ4n) is 1.99. The zero-order valence-corrected chi connectivity index (χ0v) is 12.6. The van der Waals surface area contributed by atoms with Gasteiger partial charge in [-0.2, -0.15) is 0 Å². The number of hydrogen-bond donors (Lipinski definition) is 1. The Balaban J connectivity index is 2.03. The SMILES string of the molecule is Cc1cc(C)cc(C(=O)CNc2ccc(Br)cc2)c1. The summed E-state index contributed by atoms with van der Waals surface area (Å²) in [6, 6.07) is 13.7. The lowest BCUT2D eigenvalue weighted by Crippen LogP contribution is -2.14. The maximum Gasteiger partial charge on any atom is 0.181 e. The number of nitrogens with one attached hydrogen (secondary N) is 1. The molecule has 3 heteroatoms. The van der Waals surface area contributed by atoms with Crippen LogP contribution in [-0.4, -0.2) is 12.3 Å². The molecule has 0 radical (unpaired) electrons. The second kappa shape index (κ2) is 6.02. The molecular weight excluding hydrogens is 302 g/mol. The lowest BCUT2D eigenvalue weighted by molar-refractivity contribution is 0.101. The summed E-state index contributed by atoms with van der Waals surface area (Å²) in [4.78, 5) is 12.1. The number of carbonyl (C=O) groups excluding carboxylic acids is 1. The van der Waals surface area contributed by atoms with Crippen LogP contribution in [0.1, 0.15) is 21.5 Å². The van der Waals surface area contributed by atoms with E-state index in [1.165, 1.54) is 0 Å². The fraction of sp³-hybridized carbons (Fsp3) is 0.188. The van der Waals surface area contributed by atoms with Crippen molar-refractivity contribution in [2.75, 3.05) is 11.9 Å². The molecule has 2 aromatic carbocycles. The van der Waals surface area contributed by atoms with Crippen molar-refractivity contribution in [2.24, 2.45) is 0 Å². The van der Waals surface area contributed by atoms with Crippen molar-refractivity contribution in [3.8, 4) is 0 Å². The van der Waals surface area contributed by atoms with Crippen LogP contribution in [0.2, 0.25) is 0 Å². The topological polar surface area (TPSA) is 29.1 Å². The smallest absolute Gasteiger partial charge is 0.181 e. The van der Waals surface area contributed by atoms with Gasteiger partial charge in [-0.3, -0.25) is 4.79 Å². The van der Waals surface area contributed by atoms with Gasteiger partial charge in [0.15, 0.2) is 5.78 Å². The summed E-state index contributed by atoms with van der Waals surface area (Å²) < 4.78 is 1.03. The number of hydrogen-bond acceptors (Lipinski definition) is 2. The van der Waals surface area contributed by atoms with Crippen LogP contribution in [0, 0.1) is 13.8 Å². The maximum atomic E-state index is 12.1. The van der Waals surface area contributed by atoms with Crippen LogP contribution in [0.15, 0.2) is 46.9 Å². The summed E-state index contributed by atoms with van der Waals surface area (Å²) in [7, 11) is 0. The normalized spacial score (nSPS) is 10.3. The Morgan fingerprint density at radius 2 is 1.63 bits per heavy atom. The molecule has 0 spiro atoms. The quantitative estimate of drug-likeness (QED) is 0.849. The van der Waals surface area contributed by atoms with Gasteiger partial charge in [-0.05, 0) is 50.2 Å². The Kier molecular flexibility index (Phi) is 4.38. The molecule has 0 aliphatic rings. The molecule has 2 nitrogen and oxygen atoms in total. The molecule has 0 unspecified atom stereocenters. The van der Waals surface area contributed by atoms with Crippen LogP contribution < -0.4 is 5.32 Å². The number of aryl methyl sites for hydroxylation is 2. The van der Waals surface area contributed by atoms with Crippen molar-refractivity contribution in [3.05, 3.63) is 63.6 Å². The zero-order valence-electron chi connectivity index (χ0n) is 11.0. The van der Waals surface area contributed by atoms with E-state index in [0.717, 1.165) is 26.9 Å². The van der Waals surface area contributed by atoms with Gasteiger partial charge in [0.25, 0.3) is 0 Å². The lowest BCUT2D eigenvalue weighted by atomic mass is 10.0. The first-order chi connectivity index (χ1) is 9.04. The summed E-state index contributed by atoms with van der Waals surface area (Å²) in [6.45, 7) is 4.32. The summed E-state index contributed by atoms with van der Waals surface area (Å²) >= 11 is 3.38. The van der Waals surface area contributed by atoms with Gasteiger partial charge >= 0.3 is 0 Å².